The average molecular weight is 572 g/mol. The monoisotopic (exact) mass is 571 g/mol. The number of aliphatic hydroxyl groups excluding tert-OH is 1. The van der Waals surface area contributed by atoms with E-state index in [2.05, 4.69) is 10.6 Å². The molecule has 0 saturated heterocycles. The van der Waals surface area contributed by atoms with E-state index in [-0.39, 0.29) is 30.6 Å². The Morgan fingerprint density at radius 3 is 1.57 bits per heavy atom. The second kappa shape index (κ2) is 16.5. The number of carbonyl (C=O) groups is 3. The van der Waals surface area contributed by atoms with Gasteiger partial charge in [0.05, 0.1) is 6.10 Å². The highest BCUT2D eigenvalue weighted by atomic mass is 16.3. The summed E-state index contributed by atoms with van der Waals surface area (Å²) < 4.78 is 0. The smallest absolute Gasteiger partial charge is 0.243 e. The Morgan fingerprint density at radius 2 is 1.10 bits per heavy atom. The number of hydrogen-bond donors (Lipinski definition) is 4. The summed E-state index contributed by atoms with van der Waals surface area (Å²) in [5.41, 5.74) is 8.61. The maximum atomic E-state index is 13.8. The summed E-state index contributed by atoms with van der Waals surface area (Å²) in [6.45, 7) is 5.93. The summed E-state index contributed by atoms with van der Waals surface area (Å²) in [6.07, 6.45) is 1.30. The molecule has 0 radical (unpaired) electrons. The van der Waals surface area contributed by atoms with Crippen LogP contribution in [0.2, 0.25) is 0 Å². The van der Waals surface area contributed by atoms with Crippen LogP contribution >= 0.6 is 0 Å². The third-order valence-electron chi connectivity index (χ3n) is 7.56. The second-order valence-corrected chi connectivity index (χ2v) is 11.7. The minimum atomic E-state index is -0.910. The Balaban J connectivity index is 1.75. The van der Waals surface area contributed by atoms with Crippen LogP contribution in [0.5, 0.6) is 0 Å². The molecule has 5 atom stereocenters. The van der Waals surface area contributed by atoms with Gasteiger partial charge in [-0.25, -0.2) is 0 Å². The molecule has 0 aliphatic carbocycles. The van der Waals surface area contributed by atoms with Gasteiger partial charge in [0.2, 0.25) is 17.7 Å². The SMILES string of the molecule is CC(C)C[C@H](NC(=O)[C@H](Cc1ccccc1)C[C@@H](O)[C@@H](C)Cc1ccccc1)C(=O)N[C@@H](Cc1ccccc1)C(N)=O. The highest BCUT2D eigenvalue weighted by Gasteiger charge is 2.31. The van der Waals surface area contributed by atoms with Gasteiger partial charge < -0.3 is 21.5 Å². The molecule has 3 amide bonds. The predicted octanol–water partition coefficient (Wildman–Crippen LogP) is 4.22. The van der Waals surface area contributed by atoms with Gasteiger partial charge in [-0.15, -0.1) is 0 Å². The Hall–Kier alpha value is -3.97. The second-order valence-electron chi connectivity index (χ2n) is 11.7. The minimum absolute atomic E-state index is 0.0671. The van der Waals surface area contributed by atoms with Gasteiger partial charge >= 0.3 is 0 Å². The molecule has 0 bridgehead atoms. The number of nitrogens with two attached hydrogens (primary N) is 1. The number of rotatable bonds is 16. The lowest BCUT2D eigenvalue weighted by Gasteiger charge is -2.27. The van der Waals surface area contributed by atoms with Crippen molar-refractivity contribution >= 4 is 17.7 Å². The summed E-state index contributed by atoms with van der Waals surface area (Å²) in [6, 6.07) is 27.2. The Kier molecular flexibility index (Phi) is 12.8. The first-order chi connectivity index (χ1) is 20.1. The topological polar surface area (TPSA) is 122 Å². The third-order valence-corrected chi connectivity index (χ3v) is 7.56. The van der Waals surface area contributed by atoms with Crippen LogP contribution in [0.3, 0.4) is 0 Å². The van der Waals surface area contributed by atoms with Gasteiger partial charge in [-0.05, 0) is 54.2 Å². The molecule has 0 unspecified atom stereocenters. The molecule has 224 valence electrons. The molecular formula is C35H45N3O4. The molecular weight excluding hydrogens is 526 g/mol. The molecule has 0 aliphatic rings. The van der Waals surface area contributed by atoms with Crippen molar-refractivity contribution in [2.45, 2.75) is 71.1 Å². The lowest BCUT2D eigenvalue weighted by Crippen LogP contribution is -2.55. The number of amides is 3. The Bertz CT molecular complexity index is 1250. The van der Waals surface area contributed by atoms with Gasteiger partial charge in [0.25, 0.3) is 0 Å². The quantitative estimate of drug-likeness (QED) is 0.206. The van der Waals surface area contributed by atoms with E-state index in [9.17, 15) is 19.5 Å². The van der Waals surface area contributed by atoms with Crippen LogP contribution in [0.15, 0.2) is 91.0 Å². The predicted molar refractivity (Wildman–Crippen MR) is 166 cm³/mol. The fourth-order valence-corrected chi connectivity index (χ4v) is 5.16. The highest BCUT2D eigenvalue weighted by molar-refractivity contribution is 5.92. The Labute approximate surface area is 249 Å². The summed E-state index contributed by atoms with van der Waals surface area (Å²) in [5.74, 6) is -1.91. The number of nitrogens with one attached hydrogen (secondary N) is 2. The van der Waals surface area contributed by atoms with Crippen molar-refractivity contribution in [1.82, 2.24) is 10.6 Å². The van der Waals surface area contributed by atoms with E-state index in [1.807, 2.05) is 112 Å². The molecule has 42 heavy (non-hydrogen) atoms. The molecule has 0 saturated carbocycles. The van der Waals surface area contributed by atoms with E-state index in [0.29, 0.717) is 19.3 Å². The van der Waals surface area contributed by atoms with Gasteiger partial charge in [-0.2, -0.15) is 0 Å². The van der Waals surface area contributed by atoms with Crippen LogP contribution in [-0.2, 0) is 33.6 Å². The molecule has 3 aromatic rings. The van der Waals surface area contributed by atoms with Crippen LogP contribution in [0, 0.1) is 17.8 Å². The lowest BCUT2D eigenvalue weighted by atomic mass is 9.86. The number of primary amides is 1. The van der Waals surface area contributed by atoms with Crippen LogP contribution in [0.4, 0.5) is 0 Å². The van der Waals surface area contributed by atoms with Crippen molar-refractivity contribution in [1.29, 1.82) is 0 Å². The fraction of sp³-hybridized carbons (Fsp3) is 0.400. The first kappa shape index (κ1) is 32.5. The van der Waals surface area contributed by atoms with Gasteiger partial charge in [0, 0.05) is 12.3 Å². The molecule has 3 aromatic carbocycles. The van der Waals surface area contributed by atoms with E-state index in [0.717, 1.165) is 16.7 Å². The summed E-state index contributed by atoms with van der Waals surface area (Å²) in [7, 11) is 0. The number of benzene rings is 3. The number of hydrogen-bond acceptors (Lipinski definition) is 4. The van der Waals surface area contributed by atoms with E-state index in [1.54, 1.807) is 0 Å². The standard InChI is InChI=1S/C35H45N3O4/c1-24(2)19-31(35(42)37-30(33(36)40)22-28-17-11-6-12-18-28)38-34(41)29(21-27-15-9-5-10-16-27)23-32(39)25(3)20-26-13-7-4-8-14-26/h4-18,24-25,29-32,39H,19-23H2,1-3H3,(H2,36,40)(H,37,42)(H,38,41)/t25-,29+,30-,31-,32+/m0/s1. The number of carbonyl (C=O) groups excluding carboxylic acids is 3. The van der Waals surface area contributed by atoms with Crippen LogP contribution < -0.4 is 16.4 Å². The first-order valence-electron chi connectivity index (χ1n) is 14.8. The van der Waals surface area contributed by atoms with Gasteiger partial charge in [-0.1, -0.05) is 112 Å². The molecule has 0 aromatic heterocycles. The van der Waals surface area contributed by atoms with Crippen molar-refractivity contribution in [3.63, 3.8) is 0 Å². The normalized spacial score (nSPS) is 14.8. The van der Waals surface area contributed by atoms with Crippen molar-refractivity contribution in [2.75, 3.05) is 0 Å². The first-order valence-corrected chi connectivity index (χ1v) is 14.8. The molecule has 0 aliphatic heterocycles. The molecule has 7 heteroatoms. The molecule has 0 spiro atoms. The zero-order valence-electron chi connectivity index (χ0n) is 24.9. The Morgan fingerprint density at radius 1 is 0.643 bits per heavy atom. The molecule has 3 rings (SSSR count). The summed E-state index contributed by atoms with van der Waals surface area (Å²) >= 11 is 0. The highest BCUT2D eigenvalue weighted by Crippen LogP contribution is 2.22. The van der Waals surface area contributed by atoms with Gasteiger partial charge in [0.15, 0.2) is 0 Å². The third kappa shape index (κ3) is 10.8. The van der Waals surface area contributed by atoms with Crippen molar-refractivity contribution < 1.29 is 19.5 Å². The van der Waals surface area contributed by atoms with Crippen molar-refractivity contribution in [3.8, 4) is 0 Å². The summed E-state index contributed by atoms with van der Waals surface area (Å²) in [5, 5.41) is 16.9. The summed E-state index contributed by atoms with van der Waals surface area (Å²) in [4.78, 5) is 39.5. The van der Waals surface area contributed by atoms with Crippen LogP contribution in [0.25, 0.3) is 0 Å². The molecule has 7 nitrogen and oxygen atoms in total. The van der Waals surface area contributed by atoms with Crippen molar-refractivity contribution in [2.24, 2.45) is 23.5 Å². The zero-order chi connectivity index (χ0) is 30.5. The average Bonchev–Trinajstić information content (AvgIpc) is 2.97. The van der Waals surface area contributed by atoms with Gasteiger partial charge in [-0.3, -0.25) is 14.4 Å². The minimum Gasteiger partial charge on any atom is -0.393 e. The number of aliphatic hydroxyl groups is 1. The van der Waals surface area contributed by atoms with E-state index in [4.69, 9.17) is 5.73 Å². The van der Waals surface area contributed by atoms with E-state index >= 15 is 0 Å². The lowest BCUT2D eigenvalue weighted by molar-refractivity contribution is -0.133. The van der Waals surface area contributed by atoms with Crippen molar-refractivity contribution in [3.05, 3.63) is 108 Å². The zero-order valence-corrected chi connectivity index (χ0v) is 24.9. The molecule has 0 heterocycles. The maximum absolute atomic E-state index is 13.8. The largest absolute Gasteiger partial charge is 0.393 e. The van der Waals surface area contributed by atoms with Crippen LogP contribution in [-0.4, -0.2) is 41.0 Å². The molecule has 5 N–H and O–H groups in total. The maximum Gasteiger partial charge on any atom is 0.243 e. The fourth-order valence-electron chi connectivity index (χ4n) is 5.16. The van der Waals surface area contributed by atoms with E-state index in [1.165, 1.54) is 0 Å². The van der Waals surface area contributed by atoms with Gasteiger partial charge in [0.1, 0.15) is 12.1 Å². The van der Waals surface area contributed by atoms with E-state index < -0.39 is 35.9 Å². The molecule has 0 fully saturated rings. The van der Waals surface area contributed by atoms with Crippen LogP contribution in [0.1, 0.15) is 50.3 Å².